The summed E-state index contributed by atoms with van der Waals surface area (Å²) < 4.78 is 0. The van der Waals surface area contributed by atoms with Crippen LogP contribution in [0.2, 0.25) is 5.02 Å². The van der Waals surface area contributed by atoms with Gasteiger partial charge in [0, 0.05) is 25.6 Å². The fraction of sp³-hybridized carbons (Fsp3) is 0.444. The van der Waals surface area contributed by atoms with Gasteiger partial charge in [-0.1, -0.05) is 51.1 Å². The Morgan fingerprint density at radius 3 is 2.58 bits per heavy atom. The van der Waals surface area contributed by atoms with Crippen LogP contribution >= 0.6 is 11.6 Å². The summed E-state index contributed by atoms with van der Waals surface area (Å²) >= 11 is 6.25. The molecule has 0 aromatic heterocycles. The minimum Gasteiger partial charge on any atom is -0.383 e. The summed E-state index contributed by atoms with van der Waals surface area (Å²) in [4.78, 5) is 24.6. The van der Waals surface area contributed by atoms with Crippen molar-refractivity contribution in [2.45, 2.75) is 39.7 Å². The van der Waals surface area contributed by atoms with E-state index in [0.717, 1.165) is 34.7 Å². The van der Waals surface area contributed by atoms with Gasteiger partial charge in [-0.2, -0.15) is 0 Å². The molecule has 2 rings (SSSR count). The van der Waals surface area contributed by atoms with E-state index >= 15 is 0 Å². The van der Waals surface area contributed by atoms with Crippen molar-refractivity contribution < 1.29 is 9.59 Å². The molecule has 1 unspecified atom stereocenters. The first kappa shape index (κ1) is 20.0. The molecule has 132 valence electrons. The number of carbonyl (C=O) groups excluding carboxylic acids is 2. The van der Waals surface area contributed by atoms with Crippen LogP contribution in [0.5, 0.6) is 0 Å². The van der Waals surface area contributed by atoms with E-state index in [1.54, 1.807) is 0 Å². The molecule has 6 heteroatoms. The average molecular weight is 352 g/mol. The highest BCUT2D eigenvalue weighted by Crippen LogP contribution is 2.32. The molecule has 0 radical (unpaired) electrons. The highest BCUT2D eigenvalue weighted by molar-refractivity contribution is 6.33. The second-order valence-electron chi connectivity index (χ2n) is 5.30. The van der Waals surface area contributed by atoms with Crippen LogP contribution in [0, 0.1) is 0 Å². The topological polar surface area (TPSA) is 61.4 Å². The average Bonchev–Trinajstić information content (AvgIpc) is 2.82. The Balaban J connectivity index is 0.00000139. The van der Waals surface area contributed by atoms with E-state index in [2.05, 4.69) is 24.1 Å². The van der Waals surface area contributed by atoms with Crippen LogP contribution < -0.4 is 10.6 Å². The van der Waals surface area contributed by atoms with E-state index in [4.69, 9.17) is 11.6 Å². The number of hydrogen-bond donors (Lipinski definition) is 2. The van der Waals surface area contributed by atoms with E-state index in [1.807, 2.05) is 32.0 Å². The maximum atomic E-state index is 12.0. The summed E-state index contributed by atoms with van der Waals surface area (Å²) in [5.41, 5.74) is 2.45. The third kappa shape index (κ3) is 4.51. The molecule has 1 fully saturated rings. The van der Waals surface area contributed by atoms with Gasteiger partial charge in [-0.15, -0.1) is 0 Å². The monoisotopic (exact) mass is 351 g/mol. The molecule has 5 nitrogen and oxygen atoms in total. The quantitative estimate of drug-likeness (QED) is 0.757. The van der Waals surface area contributed by atoms with Gasteiger partial charge in [0.15, 0.2) is 0 Å². The summed E-state index contributed by atoms with van der Waals surface area (Å²) in [6.07, 6.45) is 1.33. The molecule has 24 heavy (non-hydrogen) atoms. The van der Waals surface area contributed by atoms with Gasteiger partial charge in [-0.25, -0.2) is 4.79 Å². The van der Waals surface area contributed by atoms with Gasteiger partial charge in [0.05, 0.1) is 10.7 Å². The fourth-order valence-electron chi connectivity index (χ4n) is 2.38. The van der Waals surface area contributed by atoms with E-state index in [-0.39, 0.29) is 11.9 Å². The third-order valence-electron chi connectivity index (χ3n) is 3.63. The molecule has 1 aliphatic rings. The zero-order valence-corrected chi connectivity index (χ0v) is 15.5. The molecule has 2 N–H and O–H groups in total. The van der Waals surface area contributed by atoms with Gasteiger partial charge < -0.3 is 10.6 Å². The fourth-order valence-corrected chi connectivity index (χ4v) is 2.63. The van der Waals surface area contributed by atoms with Gasteiger partial charge in [0.2, 0.25) is 0 Å². The first-order valence-corrected chi connectivity index (χ1v) is 8.62. The summed E-state index contributed by atoms with van der Waals surface area (Å²) in [5.74, 6) is -0.240. The van der Waals surface area contributed by atoms with Gasteiger partial charge in [-0.05, 0) is 18.1 Å². The summed E-state index contributed by atoms with van der Waals surface area (Å²) in [6.45, 7) is 10.9. The van der Waals surface area contributed by atoms with Crippen LogP contribution in [0.1, 0.15) is 39.2 Å². The first-order chi connectivity index (χ1) is 11.5. The molecular formula is C18H26ClN3O2. The zero-order chi connectivity index (χ0) is 18.3. The molecule has 1 atom stereocenters. The van der Waals surface area contributed by atoms with Crippen LogP contribution in [0.15, 0.2) is 24.8 Å². The molecule has 0 bridgehead atoms. The number of carbonyl (C=O) groups is 2. The number of hydrogen-bond acceptors (Lipinski definition) is 3. The Kier molecular flexibility index (Phi) is 7.79. The van der Waals surface area contributed by atoms with Gasteiger partial charge in [0.1, 0.15) is 6.04 Å². The van der Waals surface area contributed by atoms with Crippen LogP contribution in [-0.2, 0) is 4.79 Å². The van der Waals surface area contributed by atoms with Crippen molar-refractivity contribution in [3.05, 3.63) is 35.4 Å². The van der Waals surface area contributed by atoms with Crippen LogP contribution in [0.3, 0.4) is 0 Å². The molecule has 1 aromatic rings. The summed E-state index contributed by atoms with van der Waals surface area (Å²) in [5, 5.41) is 6.56. The lowest BCUT2D eigenvalue weighted by Crippen LogP contribution is -2.29. The summed E-state index contributed by atoms with van der Waals surface area (Å²) in [7, 11) is 1.47. The number of anilines is 1. The lowest BCUT2D eigenvalue weighted by Gasteiger charge is -2.17. The minimum absolute atomic E-state index is 0.240. The lowest BCUT2D eigenvalue weighted by atomic mass is 9.98. The second kappa shape index (κ2) is 9.33. The predicted octanol–water partition coefficient (Wildman–Crippen LogP) is 4.14. The molecule has 0 aliphatic carbocycles. The Labute approximate surface area is 149 Å². The van der Waals surface area contributed by atoms with Crippen molar-refractivity contribution in [1.29, 1.82) is 0 Å². The normalized spacial score (nSPS) is 16.4. The minimum atomic E-state index is -0.567. The molecule has 1 aromatic carbocycles. The number of likely N-dealkylation sites (N-methyl/N-ethyl adjacent to an activating group) is 1. The highest BCUT2D eigenvalue weighted by atomic mass is 35.5. The molecule has 1 saturated heterocycles. The smallest absolute Gasteiger partial charge is 0.324 e. The maximum absolute atomic E-state index is 12.0. The third-order valence-corrected chi connectivity index (χ3v) is 3.94. The van der Waals surface area contributed by atoms with Crippen molar-refractivity contribution in [2.24, 2.45) is 0 Å². The molecule has 1 heterocycles. The number of nitrogens with zero attached hydrogens (tertiary/aromatic N) is 1. The molecule has 3 amide bonds. The number of para-hydroxylation sites is 1. The Hall–Kier alpha value is -2.01. The largest absolute Gasteiger partial charge is 0.383 e. The second-order valence-corrected chi connectivity index (χ2v) is 5.70. The number of amides is 3. The molecular weight excluding hydrogens is 326 g/mol. The van der Waals surface area contributed by atoms with Crippen molar-refractivity contribution >= 4 is 34.8 Å². The highest BCUT2D eigenvalue weighted by Gasteiger charge is 2.35. The Morgan fingerprint density at radius 1 is 1.38 bits per heavy atom. The first-order valence-electron chi connectivity index (χ1n) is 8.24. The lowest BCUT2D eigenvalue weighted by molar-refractivity contribution is -0.126. The zero-order valence-electron chi connectivity index (χ0n) is 14.8. The van der Waals surface area contributed by atoms with Gasteiger partial charge in [-0.3, -0.25) is 9.69 Å². The summed E-state index contributed by atoms with van der Waals surface area (Å²) in [6, 6.07) is 4.63. The van der Waals surface area contributed by atoms with E-state index in [0.29, 0.717) is 11.4 Å². The van der Waals surface area contributed by atoms with E-state index < -0.39 is 6.04 Å². The number of nitrogens with one attached hydrogen (secondary N) is 2. The predicted molar refractivity (Wildman–Crippen MR) is 100 cm³/mol. The van der Waals surface area contributed by atoms with Gasteiger partial charge in [0.25, 0.3) is 5.91 Å². The van der Waals surface area contributed by atoms with Crippen molar-refractivity contribution in [3.63, 3.8) is 0 Å². The Bertz CT molecular complexity index is 616. The van der Waals surface area contributed by atoms with Crippen LogP contribution in [0.25, 0.3) is 5.57 Å². The SMILES string of the molecule is C=C(CC1NC(=O)N(C)C1=O)c1cccc(Cl)c1NCCC.CC. The molecule has 0 saturated carbocycles. The van der Waals surface area contributed by atoms with Crippen molar-refractivity contribution in [2.75, 3.05) is 18.9 Å². The van der Waals surface area contributed by atoms with E-state index in [9.17, 15) is 9.59 Å². The standard InChI is InChI=1S/C16H20ClN3O2.C2H6/c1-4-8-18-14-11(6-5-7-12(14)17)10(2)9-13-15(21)20(3)16(22)19-13;1-2/h5-7,13,18H,2,4,8-9H2,1,3H3,(H,19,22);1-2H3. The number of halogens is 1. The number of urea groups is 1. The molecule has 0 spiro atoms. The number of benzene rings is 1. The maximum Gasteiger partial charge on any atom is 0.324 e. The number of imide groups is 1. The van der Waals surface area contributed by atoms with Crippen LogP contribution in [0.4, 0.5) is 10.5 Å². The number of rotatable bonds is 6. The van der Waals surface area contributed by atoms with E-state index in [1.165, 1.54) is 7.05 Å². The van der Waals surface area contributed by atoms with Crippen molar-refractivity contribution in [3.8, 4) is 0 Å². The molecule has 1 aliphatic heterocycles. The Morgan fingerprint density at radius 2 is 2.04 bits per heavy atom. The van der Waals surface area contributed by atoms with Crippen molar-refractivity contribution in [1.82, 2.24) is 10.2 Å². The van der Waals surface area contributed by atoms with Gasteiger partial charge >= 0.3 is 6.03 Å². The van der Waals surface area contributed by atoms with Crippen LogP contribution in [-0.4, -0.2) is 36.5 Å².